The zero-order valence-corrected chi connectivity index (χ0v) is 15.5. The second kappa shape index (κ2) is 8.19. The molecule has 0 radical (unpaired) electrons. The fraction of sp³-hybridized carbons (Fsp3) is 0.250. The number of anilines is 1. The number of rotatable bonds is 6. The summed E-state index contributed by atoms with van der Waals surface area (Å²) in [5, 5.41) is 13.6. The van der Waals surface area contributed by atoms with Crippen LogP contribution in [0.3, 0.4) is 0 Å². The van der Waals surface area contributed by atoms with Gasteiger partial charge < -0.3 is 21.1 Å². The molecule has 26 heavy (non-hydrogen) atoms. The molecule has 0 saturated heterocycles. The number of urea groups is 1. The second-order valence-electron chi connectivity index (χ2n) is 5.25. The van der Waals surface area contributed by atoms with Crippen molar-refractivity contribution in [3.8, 4) is 0 Å². The number of amides is 2. The molecule has 3 rings (SSSR count). The van der Waals surface area contributed by atoms with Crippen LogP contribution in [0.15, 0.2) is 45.9 Å². The van der Waals surface area contributed by atoms with E-state index in [-0.39, 0.29) is 12.6 Å². The molecule has 2 heterocycles. The molecule has 0 fully saturated rings. The van der Waals surface area contributed by atoms with E-state index in [2.05, 4.69) is 20.8 Å². The van der Waals surface area contributed by atoms with Crippen molar-refractivity contribution in [2.45, 2.75) is 17.3 Å². The number of aromatic nitrogens is 2. The van der Waals surface area contributed by atoms with Crippen LogP contribution in [-0.4, -0.2) is 34.6 Å². The quantitative estimate of drug-likeness (QED) is 0.509. The molecule has 1 aromatic heterocycles. The van der Waals surface area contributed by atoms with E-state index in [0.717, 1.165) is 5.56 Å². The van der Waals surface area contributed by atoms with Crippen molar-refractivity contribution in [2.24, 2.45) is 0 Å². The first-order valence-corrected chi connectivity index (χ1v) is 9.63. The Balaban J connectivity index is 1.95. The van der Waals surface area contributed by atoms with Gasteiger partial charge in [-0.05, 0) is 12.5 Å². The molecule has 0 aliphatic carbocycles. The van der Waals surface area contributed by atoms with Gasteiger partial charge in [0.1, 0.15) is 0 Å². The highest BCUT2D eigenvalue weighted by Crippen LogP contribution is 2.31. The third kappa shape index (κ3) is 4.14. The molecule has 8 nitrogen and oxygen atoms in total. The molecule has 0 bridgehead atoms. The first-order valence-electron chi connectivity index (χ1n) is 7.83. The summed E-state index contributed by atoms with van der Waals surface area (Å²) in [6.45, 7) is 1.98. The number of nitrogens with zero attached hydrogens (tertiary/aromatic N) is 2. The number of hydrogen-bond acceptors (Lipinski definition) is 8. The molecule has 136 valence electrons. The van der Waals surface area contributed by atoms with Gasteiger partial charge in [-0.15, -0.1) is 10.2 Å². The maximum atomic E-state index is 12.6. The Bertz CT molecular complexity index is 837. The van der Waals surface area contributed by atoms with Crippen molar-refractivity contribution in [2.75, 3.05) is 18.1 Å². The van der Waals surface area contributed by atoms with Gasteiger partial charge in [-0.2, -0.15) is 0 Å². The number of thioether (sulfide) groups is 1. The maximum absolute atomic E-state index is 12.6. The average Bonchev–Trinajstić information content (AvgIpc) is 3.05. The number of nitrogens with one attached hydrogen (secondary N) is 2. The van der Waals surface area contributed by atoms with Gasteiger partial charge >= 0.3 is 12.0 Å². The van der Waals surface area contributed by atoms with Gasteiger partial charge in [0.25, 0.3) is 0 Å². The van der Waals surface area contributed by atoms with Gasteiger partial charge in [0, 0.05) is 11.4 Å². The molecule has 0 spiro atoms. The Kier molecular flexibility index (Phi) is 5.74. The second-order valence-corrected chi connectivity index (χ2v) is 7.48. The largest absolute Gasteiger partial charge is 0.463 e. The zero-order chi connectivity index (χ0) is 18.5. The lowest BCUT2D eigenvalue weighted by Gasteiger charge is -2.29. The van der Waals surface area contributed by atoms with Crippen LogP contribution in [0.4, 0.5) is 9.93 Å². The topological polar surface area (TPSA) is 119 Å². The first kappa shape index (κ1) is 18.2. The Morgan fingerprint density at radius 1 is 1.35 bits per heavy atom. The fourth-order valence-electron chi connectivity index (χ4n) is 2.49. The fourth-order valence-corrected chi connectivity index (χ4v) is 4.09. The standard InChI is InChI=1S/C16H17N5O3S2/c1-2-24-13(22)11-10(8-25-16-21-20-14(17)26-16)18-15(23)19-12(11)9-6-4-3-5-7-9/h3-7,12H,2,8H2,1H3,(H2,17,20)(H2,18,19,23)/t12-/m1/s1. The van der Waals surface area contributed by atoms with E-state index in [1.54, 1.807) is 6.92 Å². The molecule has 2 amide bonds. The summed E-state index contributed by atoms with van der Waals surface area (Å²) in [5.41, 5.74) is 7.25. The predicted octanol–water partition coefficient (Wildman–Crippen LogP) is 2.08. The van der Waals surface area contributed by atoms with Gasteiger partial charge in [-0.25, -0.2) is 9.59 Å². The monoisotopic (exact) mass is 391 g/mol. The van der Waals surface area contributed by atoms with Gasteiger partial charge in [0.2, 0.25) is 5.13 Å². The predicted molar refractivity (Wildman–Crippen MR) is 99.6 cm³/mol. The van der Waals surface area contributed by atoms with E-state index in [4.69, 9.17) is 10.5 Å². The first-order chi connectivity index (χ1) is 12.6. The number of esters is 1. The Morgan fingerprint density at radius 2 is 2.12 bits per heavy atom. The lowest BCUT2D eigenvalue weighted by molar-refractivity contribution is -0.139. The molecule has 1 aliphatic heterocycles. The van der Waals surface area contributed by atoms with Crippen LogP contribution < -0.4 is 16.4 Å². The summed E-state index contributed by atoms with van der Waals surface area (Å²) < 4.78 is 5.87. The summed E-state index contributed by atoms with van der Waals surface area (Å²) in [7, 11) is 0. The molecule has 2 aromatic rings. The number of carbonyl (C=O) groups excluding carboxylic acids is 2. The normalized spacial score (nSPS) is 16.8. The Morgan fingerprint density at radius 3 is 2.77 bits per heavy atom. The summed E-state index contributed by atoms with van der Waals surface area (Å²) in [4.78, 5) is 24.7. The molecule has 1 aromatic carbocycles. The molecule has 10 heteroatoms. The van der Waals surface area contributed by atoms with Gasteiger partial charge in [-0.1, -0.05) is 53.4 Å². The van der Waals surface area contributed by atoms with Crippen LogP contribution in [0, 0.1) is 0 Å². The van der Waals surface area contributed by atoms with Crippen LogP contribution in [0.2, 0.25) is 0 Å². The van der Waals surface area contributed by atoms with Crippen LogP contribution in [0.1, 0.15) is 18.5 Å². The average molecular weight is 391 g/mol. The summed E-state index contributed by atoms with van der Waals surface area (Å²) in [6, 6.07) is 8.32. The molecule has 1 aliphatic rings. The van der Waals surface area contributed by atoms with Crippen LogP contribution in [0.25, 0.3) is 0 Å². The third-order valence-electron chi connectivity index (χ3n) is 3.54. The van der Waals surface area contributed by atoms with Gasteiger partial charge in [0.15, 0.2) is 4.34 Å². The number of benzene rings is 1. The van der Waals surface area contributed by atoms with E-state index in [0.29, 0.717) is 26.5 Å². The van der Waals surface area contributed by atoms with Crippen LogP contribution in [0.5, 0.6) is 0 Å². The summed E-state index contributed by atoms with van der Waals surface area (Å²) >= 11 is 2.59. The highest BCUT2D eigenvalue weighted by atomic mass is 32.2. The highest BCUT2D eigenvalue weighted by molar-refractivity contribution is 8.01. The van der Waals surface area contributed by atoms with E-state index >= 15 is 0 Å². The van der Waals surface area contributed by atoms with Crippen LogP contribution >= 0.6 is 23.1 Å². The summed E-state index contributed by atoms with van der Waals surface area (Å²) in [6.07, 6.45) is 0. The van der Waals surface area contributed by atoms with Gasteiger partial charge in [0.05, 0.1) is 18.2 Å². The Hall–Kier alpha value is -2.59. The van der Waals surface area contributed by atoms with Crippen molar-refractivity contribution in [1.29, 1.82) is 0 Å². The minimum atomic E-state index is -0.584. The minimum Gasteiger partial charge on any atom is -0.463 e. The van der Waals surface area contributed by atoms with E-state index in [1.807, 2.05) is 30.3 Å². The van der Waals surface area contributed by atoms with Crippen molar-refractivity contribution in [3.05, 3.63) is 47.2 Å². The number of carbonyl (C=O) groups is 2. The Labute approximate surface area is 158 Å². The highest BCUT2D eigenvalue weighted by Gasteiger charge is 2.33. The van der Waals surface area contributed by atoms with Crippen molar-refractivity contribution >= 4 is 40.2 Å². The summed E-state index contributed by atoms with van der Waals surface area (Å²) in [5.74, 6) is -0.138. The van der Waals surface area contributed by atoms with E-state index < -0.39 is 12.0 Å². The van der Waals surface area contributed by atoms with Crippen LogP contribution in [-0.2, 0) is 9.53 Å². The number of ether oxygens (including phenoxy) is 1. The lowest BCUT2D eigenvalue weighted by Crippen LogP contribution is -2.46. The third-order valence-corrected chi connectivity index (χ3v) is 5.46. The lowest BCUT2D eigenvalue weighted by atomic mass is 9.95. The molecular weight excluding hydrogens is 374 g/mol. The molecular formula is C16H17N5O3S2. The van der Waals surface area contributed by atoms with E-state index in [1.165, 1.54) is 23.1 Å². The van der Waals surface area contributed by atoms with Crippen molar-refractivity contribution in [3.63, 3.8) is 0 Å². The van der Waals surface area contributed by atoms with Gasteiger partial charge in [-0.3, -0.25) is 0 Å². The molecule has 0 saturated carbocycles. The molecule has 4 N–H and O–H groups in total. The smallest absolute Gasteiger partial charge is 0.338 e. The number of nitrogen functional groups attached to an aromatic ring is 1. The SMILES string of the molecule is CCOC(=O)C1=C(CSc2nnc(N)s2)NC(=O)N[C@@H]1c1ccccc1. The van der Waals surface area contributed by atoms with Crippen molar-refractivity contribution < 1.29 is 14.3 Å². The number of nitrogens with two attached hydrogens (primary N) is 1. The maximum Gasteiger partial charge on any atom is 0.338 e. The molecule has 1 atom stereocenters. The zero-order valence-electron chi connectivity index (χ0n) is 13.9. The van der Waals surface area contributed by atoms with E-state index in [9.17, 15) is 9.59 Å². The molecule has 0 unspecified atom stereocenters. The number of hydrogen-bond donors (Lipinski definition) is 3. The van der Waals surface area contributed by atoms with Crippen molar-refractivity contribution in [1.82, 2.24) is 20.8 Å². The minimum absolute atomic E-state index is 0.241.